The summed E-state index contributed by atoms with van der Waals surface area (Å²) in [4.78, 5) is 16.2. The van der Waals surface area contributed by atoms with Crippen molar-refractivity contribution in [2.45, 2.75) is 35.9 Å². The average molecular weight is 611 g/mol. The lowest BCUT2D eigenvalue weighted by Gasteiger charge is -2.23. The third-order valence-corrected chi connectivity index (χ3v) is 9.11. The van der Waals surface area contributed by atoms with Gasteiger partial charge in [-0.15, -0.1) is 33.3 Å². The van der Waals surface area contributed by atoms with E-state index in [1.54, 1.807) is 24.4 Å². The molecule has 5 rings (SSSR count). The van der Waals surface area contributed by atoms with Gasteiger partial charge in [0.15, 0.2) is 17.3 Å². The number of aryl methyl sites for hydroxylation is 1. The molecule has 0 saturated heterocycles. The number of aliphatic carboxylic acids is 1. The molecule has 0 aliphatic carbocycles. The Balaban J connectivity index is 1.68. The van der Waals surface area contributed by atoms with Crippen molar-refractivity contribution in [3.05, 3.63) is 80.3 Å². The SMILES string of the molecule is COc1cccc([C@@H]2S[C@@H](Cc3ncc(CCC(=O)O)s3)c3nnc(C(F)(F)F)n3-c3ccc(Cl)cc32)c1OC. The minimum atomic E-state index is -4.77. The van der Waals surface area contributed by atoms with Crippen LogP contribution in [0, 0.1) is 0 Å². The first kappa shape index (κ1) is 28.2. The Labute approximate surface area is 240 Å². The lowest BCUT2D eigenvalue weighted by molar-refractivity contribution is -0.146. The first-order valence-corrected chi connectivity index (χ1v) is 14.1. The number of thioether (sulfide) groups is 1. The second kappa shape index (κ2) is 11.3. The lowest BCUT2D eigenvalue weighted by atomic mass is 10.0. The molecule has 0 bridgehead atoms. The van der Waals surface area contributed by atoms with Gasteiger partial charge >= 0.3 is 12.1 Å². The summed E-state index contributed by atoms with van der Waals surface area (Å²) < 4.78 is 54.9. The Morgan fingerprint density at radius 1 is 1.15 bits per heavy atom. The molecule has 1 N–H and O–H groups in total. The van der Waals surface area contributed by atoms with Crippen LogP contribution in [0.5, 0.6) is 11.5 Å². The quantitative estimate of drug-likeness (QED) is 0.240. The Hall–Kier alpha value is -3.29. The van der Waals surface area contributed by atoms with Gasteiger partial charge in [-0.1, -0.05) is 23.7 Å². The highest BCUT2D eigenvalue weighted by atomic mass is 35.5. The normalized spacial score (nSPS) is 16.6. The molecule has 0 fully saturated rings. The molecule has 210 valence electrons. The van der Waals surface area contributed by atoms with E-state index < -0.39 is 28.5 Å². The Morgan fingerprint density at radius 2 is 1.95 bits per heavy atom. The number of aromatic nitrogens is 4. The zero-order valence-corrected chi connectivity index (χ0v) is 23.5. The second-order valence-electron chi connectivity index (χ2n) is 8.82. The van der Waals surface area contributed by atoms with E-state index in [0.717, 1.165) is 9.44 Å². The Morgan fingerprint density at radius 3 is 2.65 bits per heavy atom. The summed E-state index contributed by atoms with van der Waals surface area (Å²) in [5, 5.41) is 16.5. The molecular weight excluding hydrogens is 589 g/mol. The van der Waals surface area contributed by atoms with E-state index in [-0.39, 0.29) is 24.4 Å². The number of rotatable bonds is 8. The highest BCUT2D eigenvalue weighted by Crippen LogP contribution is 2.54. The zero-order chi connectivity index (χ0) is 28.6. The fourth-order valence-corrected chi connectivity index (χ4v) is 7.39. The topological polar surface area (TPSA) is 99.4 Å². The number of hydrogen-bond donors (Lipinski definition) is 1. The van der Waals surface area contributed by atoms with E-state index >= 15 is 0 Å². The summed E-state index contributed by atoms with van der Waals surface area (Å²) in [5.74, 6) is -1.02. The number of thiazole rings is 1. The number of alkyl halides is 3. The van der Waals surface area contributed by atoms with Gasteiger partial charge in [0.1, 0.15) is 0 Å². The van der Waals surface area contributed by atoms with Gasteiger partial charge in [0, 0.05) is 28.1 Å². The van der Waals surface area contributed by atoms with Gasteiger partial charge in [0.25, 0.3) is 0 Å². The number of nitrogens with zero attached hydrogens (tertiary/aromatic N) is 4. The van der Waals surface area contributed by atoms with Crippen LogP contribution in [0.25, 0.3) is 5.69 Å². The predicted octanol–water partition coefficient (Wildman–Crippen LogP) is 6.55. The van der Waals surface area contributed by atoms with Crippen molar-refractivity contribution in [3.8, 4) is 17.2 Å². The number of carboxylic acids is 1. The maximum absolute atomic E-state index is 14.2. The van der Waals surface area contributed by atoms with Crippen molar-refractivity contribution in [3.63, 3.8) is 0 Å². The van der Waals surface area contributed by atoms with Crippen molar-refractivity contribution in [1.82, 2.24) is 19.7 Å². The van der Waals surface area contributed by atoms with E-state index in [4.69, 9.17) is 26.2 Å². The molecule has 3 heterocycles. The molecule has 14 heteroatoms. The van der Waals surface area contributed by atoms with Crippen LogP contribution >= 0.6 is 34.7 Å². The van der Waals surface area contributed by atoms with Gasteiger partial charge in [0.2, 0.25) is 5.82 Å². The Kier molecular flexibility index (Phi) is 7.98. The van der Waals surface area contributed by atoms with Gasteiger partial charge in [0.05, 0.1) is 41.8 Å². The molecule has 2 aromatic heterocycles. The van der Waals surface area contributed by atoms with Crippen LogP contribution in [-0.4, -0.2) is 45.0 Å². The molecule has 0 saturated carbocycles. The highest BCUT2D eigenvalue weighted by molar-refractivity contribution is 8.00. The van der Waals surface area contributed by atoms with Gasteiger partial charge in [-0.05, 0) is 36.2 Å². The van der Waals surface area contributed by atoms with Crippen molar-refractivity contribution >= 4 is 40.7 Å². The second-order valence-corrected chi connectivity index (χ2v) is 11.8. The molecule has 1 aliphatic rings. The number of para-hydroxylation sites is 1. The van der Waals surface area contributed by atoms with E-state index in [2.05, 4.69) is 15.2 Å². The van der Waals surface area contributed by atoms with Crippen molar-refractivity contribution in [2.75, 3.05) is 14.2 Å². The summed E-state index contributed by atoms with van der Waals surface area (Å²) in [6, 6.07) is 10.1. The van der Waals surface area contributed by atoms with E-state index in [1.807, 2.05) is 6.07 Å². The number of ether oxygens (including phenoxy) is 2. The minimum absolute atomic E-state index is 0.0448. The van der Waals surface area contributed by atoms with Gasteiger partial charge in [-0.2, -0.15) is 13.2 Å². The summed E-state index contributed by atoms with van der Waals surface area (Å²) >= 11 is 9.10. The van der Waals surface area contributed by atoms with Crippen LogP contribution < -0.4 is 9.47 Å². The van der Waals surface area contributed by atoms with Gasteiger partial charge in [-0.25, -0.2) is 4.98 Å². The van der Waals surface area contributed by atoms with Crippen LogP contribution in [0.15, 0.2) is 42.6 Å². The van der Waals surface area contributed by atoms with E-state index in [1.165, 1.54) is 49.5 Å². The van der Waals surface area contributed by atoms with Crippen molar-refractivity contribution in [1.29, 1.82) is 0 Å². The molecular formula is C26H22ClF3N4O4S2. The lowest BCUT2D eigenvalue weighted by Crippen LogP contribution is -2.16. The smallest absolute Gasteiger partial charge is 0.452 e. The first-order chi connectivity index (χ1) is 19.1. The van der Waals surface area contributed by atoms with Crippen molar-refractivity contribution < 1.29 is 32.5 Å². The summed E-state index contributed by atoms with van der Waals surface area (Å²) in [6.07, 6.45) is -2.66. The van der Waals surface area contributed by atoms with Crippen LogP contribution in [0.2, 0.25) is 5.02 Å². The van der Waals surface area contributed by atoms with Gasteiger partial charge < -0.3 is 14.6 Å². The number of hydrogen-bond acceptors (Lipinski definition) is 8. The predicted molar refractivity (Wildman–Crippen MR) is 145 cm³/mol. The molecule has 2 atom stereocenters. The monoisotopic (exact) mass is 610 g/mol. The summed E-state index contributed by atoms with van der Waals surface area (Å²) in [5.41, 5.74) is 1.47. The fourth-order valence-electron chi connectivity index (χ4n) is 4.61. The molecule has 2 aromatic carbocycles. The maximum Gasteiger partial charge on any atom is 0.452 e. The zero-order valence-electron chi connectivity index (χ0n) is 21.1. The van der Waals surface area contributed by atoms with E-state index in [9.17, 15) is 18.0 Å². The number of benzene rings is 2. The minimum Gasteiger partial charge on any atom is -0.493 e. The number of halogens is 4. The molecule has 4 aromatic rings. The van der Waals surface area contributed by atoms with Crippen LogP contribution in [-0.2, 0) is 23.8 Å². The average Bonchev–Trinajstić information content (AvgIpc) is 3.54. The number of carbonyl (C=O) groups is 1. The number of methoxy groups -OCH3 is 2. The number of carboxylic acid groups (broad SMARTS) is 1. The third kappa shape index (κ3) is 5.50. The van der Waals surface area contributed by atoms with Gasteiger partial charge in [-0.3, -0.25) is 9.36 Å². The molecule has 40 heavy (non-hydrogen) atoms. The molecule has 0 spiro atoms. The van der Waals surface area contributed by atoms with Crippen LogP contribution in [0.1, 0.15) is 49.6 Å². The van der Waals surface area contributed by atoms with Crippen LogP contribution in [0.4, 0.5) is 13.2 Å². The highest BCUT2D eigenvalue weighted by Gasteiger charge is 2.43. The Bertz CT molecular complexity index is 1560. The van der Waals surface area contributed by atoms with Crippen molar-refractivity contribution in [2.24, 2.45) is 0 Å². The molecule has 0 radical (unpaired) electrons. The molecule has 0 amide bonds. The third-order valence-electron chi connectivity index (χ3n) is 6.31. The fraction of sp³-hybridized carbons (Fsp3) is 0.308. The molecule has 0 unspecified atom stereocenters. The first-order valence-electron chi connectivity index (χ1n) is 11.9. The standard InChI is InChI=1S/C26H22ClF3N4O4S2/c1-37-18-5-3-4-15(22(18)38-2)23-16-10-13(27)6-8-17(16)34-24(32-33-25(34)26(28,29)30)19(40-23)11-20-31-12-14(39-20)7-9-21(35)36/h3-6,8,10,12,19,23H,7,9,11H2,1-2H3,(H,35,36)/t19-,23-/m0/s1. The van der Waals surface area contributed by atoms with E-state index in [0.29, 0.717) is 39.1 Å². The van der Waals surface area contributed by atoms with Crippen LogP contribution in [0.3, 0.4) is 0 Å². The number of fused-ring (bicyclic) bond motifs is 3. The molecule has 1 aliphatic heterocycles. The summed E-state index contributed by atoms with van der Waals surface area (Å²) in [6.45, 7) is 0. The maximum atomic E-state index is 14.2. The molecule has 8 nitrogen and oxygen atoms in total. The summed E-state index contributed by atoms with van der Waals surface area (Å²) in [7, 11) is 3.01. The largest absolute Gasteiger partial charge is 0.493 e.